The fourth-order valence-corrected chi connectivity index (χ4v) is 3.57. The number of benzene rings is 1. The van der Waals surface area contributed by atoms with Gasteiger partial charge in [0.15, 0.2) is 6.54 Å². The Morgan fingerprint density at radius 2 is 1.93 bits per heavy atom. The average Bonchev–Trinajstić information content (AvgIpc) is 2.67. The van der Waals surface area contributed by atoms with E-state index in [1.807, 2.05) is 13.8 Å². The molecule has 1 fully saturated rings. The van der Waals surface area contributed by atoms with Crippen LogP contribution >= 0.6 is 0 Å². The van der Waals surface area contributed by atoms with Gasteiger partial charge in [0.2, 0.25) is 0 Å². The minimum absolute atomic E-state index is 0.0533. The lowest BCUT2D eigenvalue weighted by atomic mass is 9.99. The van der Waals surface area contributed by atoms with Gasteiger partial charge in [-0.25, -0.2) is 4.79 Å². The number of ether oxygens (including phenoxy) is 1. The molecule has 6 heteroatoms. The third-order valence-electron chi connectivity index (χ3n) is 5.78. The highest BCUT2D eigenvalue weighted by molar-refractivity contribution is 5.85. The molecule has 2 rings (SSSR count). The van der Waals surface area contributed by atoms with Crippen LogP contribution in [0.1, 0.15) is 31.4 Å². The van der Waals surface area contributed by atoms with Crippen LogP contribution in [0.2, 0.25) is 0 Å². The van der Waals surface area contributed by atoms with Crippen molar-refractivity contribution in [2.75, 3.05) is 44.7 Å². The van der Waals surface area contributed by atoms with E-state index in [9.17, 15) is 9.59 Å². The Kier molecular flexibility index (Phi) is 7.66. The molecule has 1 saturated heterocycles. The number of hydrogen-bond donors (Lipinski definition) is 2. The molecule has 0 aliphatic carbocycles. The number of amides is 1. The molecule has 1 heterocycles. The molecule has 1 aromatic carbocycles. The van der Waals surface area contributed by atoms with Crippen LogP contribution in [0.5, 0.6) is 0 Å². The van der Waals surface area contributed by atoms with Crippen molar-refractivity contribution in [2.45, 2.75) is 40.2 Å². The van der Waals surface area contributed by atoms with Crippen LogP contribution in [-0.4, -0.2) is 57.8 Å². The second-order valence-corrected chi connectivity index (χ2v) is 7.59. The van der Waals surface area contributed by atoms with E-state index in [0.717, 1.165) is 32.6 Å². The van der Waals surface area contributed by atoms with Crippen LogP contribution in [0, 0.1) is 19.8 Å². The van der Waals surface area contributed by atoms with Gasteiger partial charge in [0.25, 0.3) is 5.91 Å². The average molecular weight is 377 g/mol. The van der Waals surface area contributed by atoms with Gasteiger partial charge in [-0.05, 0) is 37.0 Å². The van der Waals surface area contributed by atoms with E-state index in [1.54, 1.807) is 0 Å². The van der Waals surface area contributed by atoms with Gasteiger partial charge < -0.3 is 19.9 Å². The quantitative estimate of drug-likeness (QED) is 0.688. The number of nitrogens with one attached hydrogen (secondary N) is 2. The topological polar surface area (TPSA) is 63.1 Å². The summed E-state index contributed by atoms with van der Waals surface area (Å²) in [6.07, 6.45) is 0.807. The molecule has 1 aliphatic heterocycles. The van der Waals surface area contributed by atoms with Crippen molar-refractivity contribution in [3.8, 4) is 0 Å². The number of hydrogen-bond acceptors (Lipinski definition) is 4. The van der Waals surface area contributed by atoms with Crippen molar-refractivity contribution < 1.29 is 19.2 Å². The molecule has 6 nitrogen and oxygen atoms in total. The van der Waals surface area contributed by atoms with Crippen LogP contribution in [0.4, 0.5) is 5.69 Å². The van der Waals surface area contributed by atoms with Crippen LogP contribution in [0.25, 0.3) is 0 Å². The van der Waals surface area contributed by atoms with Crippen LogP contribution in [-0.2, 0) is 14.3 Å². The first kappa shape index (κ1) is 21.2. The highest BCUT2D eigenvalue weighted by Gasteiger charge is 2.29. The maximum Gasteiger partial charge on any atom is 0.328 e. The molecule has 27 heavy (non-hydrogen) atoms. The number of rotatable bonds is 7. The van der Waals surface area contributed by atoms with Gasteiger partial charge in [-0.2, -0.15) is 0 Å². The normalized spacial score (nSPS) is 17.3. The minimum atomic E-state index is -0.567. The van der Waals surface area contributed by atoms with Crippen LogP contribution in [0.15, 0.2) is 18.2 Å². The van der Waals surface area contributed by atoms with E-state index in [4.69, 9.17) is 4.74 Å². The molecule has 1 aromatic rings. The number of anilines is 1. The summed E-state index contributed by atoms with van der Waals surface area (Å²) in [5, 5.41) is 2.88. The lowest BCUT2D eigenvalue weighted by Gasteiger charge is -2.34. The van der Waals surface area contributed by atoms with Crippen molar-refractivity contribution >= 4 is 17.6 Å². The van der Waals surface area contributed by atoms with E-state index in [-0.39, 0.29) is 17.8 Å². The Balaban J connectivity index is 1.88. The Morgan fingerprint density at radius 1 is 1.26 bits per heavy atom. The second-order valence-electron chi connectivity index (χ2n) is 7.59. The summed E-state index contributed by atoms with van der Waals surface area (Å²) in [6, 6.07) is 5.85. The van der Waals surface area contributed by atoms with E-state index >= 15 is 0 Å². The van der Waals surface area contributed by atoms with Crippen molar-refractivity contribution in [3.05, 3.63) is 29.3 Å². The maximum atomic E-state index is 12.5. The molecule has 150 valence electrons. The number of esters is 1. The third kappa shape index (κ3) is 5.45. The maximum absolute atomic E-state index is 12.5. The van der Waals surface area contributed by atoms with E-state index in [2.05, 4.69) is 42.3 Å². The largest absolute Gasteiger partial charge is 0.467 e. The van der Waals surface area contributed by atoms with Gasteiger partial charge in [0.1, 0.15) is 6.04 Å². The first-order valence-electron chi connectivity index (χ1n) is 9.89. The van der Waals surface area contributed by atoms with Gasteiger partial charge in [0, 0.05) is 5.69 Å². The highest BCUT2D eigenvalue weighted by Crippen LogP contribution is 2.22. The number of piperazine rings is 1. The molecule has 0 bridgehead atoms. The lowest BCUT2D eigenvalue weighted by molar-refractivity contribution is -0.892. The molecule has 0 spiro atoms. The monoisotopic (exact) mass is 376 g/mol. The minimum Gasteiger partial charge on any atom is -0.467 e. The molecule has 0 radical (unpaired) electrons. The summed E-state index contributed by atoms with van der Waals surface area (Å²) in [5.74, 6) is -0.397. The number of quaternary nitrogens is 1. The summed E-state index contributed by atoms with van der Waals surface area (Å²) in [6.45, 7) is 12.3. The predicted molar refractivity (Wildman–Crippen MR) is 107 cm³/mol. The van der Waals surface area contributed by atoms with Gasteiger partial charge in [-0.15, -0.1) is 0 Å². The van der Waals surface area contributed by atoms with E-state index < -0.39 is 6.04 Å². The zero-order chi connectivity index (χ0) is 20.0. The summed E-state index contributed by atoms with van der Waals surface area (Å²) >= 11 is 0. The Labute approximate surface area is 162 Å². The second kappa shape index (κ2) is 9.74. The summed E-state index contributed by atoms with van der Waals surface area (Å²) in [5.41, 5.74) is 3.93. The smallest absolute Gasteiger partial charge is 0.328 e. The fraction of sp³-hybridized carbons (Fsp3) is 0.619. The molecular weight excluding hydrogens is 342 g/mol. The number of carbonyl (C=O) groups excluding carboxylic acids is 2. The molecular formula is C21H34N3O3+. The Hall–Kier alpha value is -2.08. The summed E-state index contributed by atoms with van der Waals surface area (Å²) in [4.78, 5) is 28.1. The zero-order valence-corrected chi connectivity index (χ0v) is 17.3. The van der Waals surface area contributed by atoms with Crippen LogP contribution in [0.3, 0.4) is 0 Å². The number of methoxy groups -OCH3 is 1. The number of aryl methyl sites for hydroxylation is 1. The van der Waals surface area contributed by atoms with Crippen molar-refractivity contribution in [1.82, 2.24) is 5.32 Å². The molecule has 0 unspecified atom stereocenters. The lowest BCUT2D eigenvalue weighted by Crippen LogP contribution is -3.16. The standard InChI is InChI=1S/C21H33N3O3/c1-6-15(2)20(21(26)27-5)22-19(25)14-23-10-12-24(13-11-23)18-9-7-8-16(3)17(18)4/h7-9,15,20H,6,10-14H2,1-5H3,(H,22,25)/p+1/t15-,20-/m0/s1. The SMILES string of the molecule is CC[C@H](C)[C@H](NC(=O)C[NH+]1CCN(c2cccc(C)c2C)CC1)C(=O)OC. The van der Waals surface area contributed by atoms with Crippen LogP contribution < -0.4 is 15.1 Å². The number of carbonyl (C=O) groups is 2. The zero-order valence-electron chi connectivity index (χ0n) is 17.3. The molecule has 2 atom stereocenters. The van der Waals surface area contributed by atoms with Gasteiger partial charge in [-0.3, -0.25) is 4.79 Å². The van der Waals surface area contributed by atoms with Crippen molar-refractivity contribution in [2.24, 2.45) is 5.92 Å². The van der Waals surface area contributed by atoms with Crippen molar-refractivity contribution in [1.29, 1.82) is 0 Å². The van der Waals surface area contributed by atoms with Crippen molar-refractivity contribution in [3.63, 3.8) is 0 Å². The molecule has 0 aromatic heterocycles. The Bertz CT molecular complexity index is 654. The first-order valence-corrected chi connectivity index (χ1v) is 9.89. The molecule has 0 saturated carbocycles. The van der Waals surface area contributed by atoms with Gasteiger partial charge in [-0.1, -0.05) is 32.4 Å². The third-order valence-corrected chi connectivity index (χ3v) is 5.78. The highest BCUT2D eigenvalue weighted by atomic mass is 16.5. The summed E-state index contributed by atoms with van der Waals surface area (Å²) in [7, 11) is 1.36. The molecule has 2 N–H and O–H groups in total. The molecule has 1 aliphatic rings. The first-order chi connectivity index (χ1) is 12.9. The fourth-order valence-electron chi connectivity index (χ4n) is 3.57. The van der Waals surface area contributed by atoms with Gasteiger partial charge >= 0.3 is 5.97 Å². The summed E-state index contributed by atoms with van der Waals surface area (Å²) < 4.78 is 4.84. The van der Waals surface area contributed by atoms with E-state index in [1.165, 1.54) is 28.8 Å². The molecule has 1 amide bonds. The van der Waals surface area contributed by atoms with E-state index in [0.29, 0.717) is 6.54 Å². The van der Waals surface area contributed by atoms with Gasteiger partial charge in [0.05, 0.1) is 33.3 Å². The predicted octanol–water partition coefficient (Wildman–Crippen LogP) is 0.712. The Morgan fingerprint density at radius 3 is 2.52 bits per heavy atom. The number of nitrogens with zero attached hydrogens (tertiary/aromatic N) is 1.